The topological polar surface area (TPSA) is 58.2 Å². The molecule has 0 heterocycles. The van der Waals surface area contributed by atoms with Crippen LogP contribution in [-0.2, 0) is 15.0 Å². The van der Waals surface area contributed by atoms with Gasteiger partial charge in [-0.1, -0.05) is 39.8 Å². The lowest BCUT2D eigenvalue weighted by atomic mass is 9.87. The molecule has 1 aliphatic carbocycles. The van der Waals surface area contributed by atoms with E-state index in [1.54, 1.807) is 0 Å². The Labute approximate surface area is 139 Å². The average molecular weight is 316 g/mol. The van der Waals surface area contributed by atoms with Gasteiger partial charge in [0.25, 0.3) is 0 Å². The highest BCUT2D eigenvalue weighted by atomic mass is 16.2. The summed E-state index contributed by atoms with van der Waals surface area (Å²) in [5.41, 5.74) is 1.17. The van der Waals surface area contributed by atoms with Crippen LogP contribution in [0.25, 0.3) is 0 Å². The molecule has 1 saturated carbocycles. The van der Waals surface area contributed by atoms with Gasteiger partial charge >= 0.3 is 0 Å². The van der Waals surface area contributed by atoms with Crippen LogP contribution >= 0.6 is 0 Å². The van der Waals surface area contributed by atoms with Crippen molar-refractivity contribution in [3.8, 4) is 0 Å². The molecule has 0 saturated heterocycles. The van der Waals surface area contributed by atoms with Gasteiger partial charge in [-0.25, -0.2) is 0 Å². The third-order valence-electron chi connectivity index (χ3n) is 4.62. The van der Waals surface area contributed by atoms with Gasteiger partial charge in [0, 0.05) is 11.7 Å². The van der Waals surface area contributed by atoms with E-state index in [4.69, 9.17) is 0 Å². The molecule has 0 radical (unpaired) electrons. The monoisotopic (exact) mass is 316 g/mol. The van der Waals surface area contributed by atoms with Gasteiger partial charge < -0.3 is 10.6 Å². The standard InChI is InChI=1S/C19H28N2O2/c1-6-13(2)20-16(22)19(11-12-19)17(23)21-15-9-7-14(8-10-15)18(3,4)5/h7-10,13H,6,11-12H2,1-5H3,(H,20,22)(H,21,23). The molecule has 0 aliphatic heterocycles. The average Bonchev–Trinajstić information content (AvgIpc) is 3.28. The van der Waals surface area contributed by atoms with E-state index in [1.165, 1.54) is 5.56 Å². The normalized spacial score (nSPS) is 17.3. The lowest BCUT2D eigenvalue weighted by molar-refractivity contribution is -0.134. The Bertz CT molecular complexity index is 580. The van der Waals surface area contributed by atoms with Crippen molar-refractivity contribution in [2.24, 2.45) is 5.41 Å². The third-order valence-corrected chi connectivity index (χ3v) is 4.62. The van der Waals surface area contributed by atoms with E-state index in [0.29, 0.717) is 12.8 Å². The van der Waals surface area contributed by atoms with Gasteiger partial charge in [-0.3, -0.25) is 9.59 Å². The zero-order valence-electron chi connectivity index (χ0n) is 14.8. The predicted octanol–water partition coefficient (Wildman–Crippen LogP) is 3.62. The summed E-state index contributed by atoms with van der Waals surface area (Å²) in [5, 5.41) is 5.82. The summed E-state index contributed by atoms with van der Waals surface area (Å²) in [4.78, 5) is 24.9. The quantitative estimate of drug-likeness (QED) is 0.815. The lowest BCUT2D eigenvalue weighted by Crippen LogP contribution is -2.43. The van der Waals surface area contributed by atoms with E-state index in [2.05, 4.69) is 31.4 Å². The highest BCUT2D eigenvalue weighted by molar-refractivity contribution is 6.13. The summed E-state index contributed by atoms with van der Waals surface area (Å²) in [5.74, 6) is -0.336. The number of hydrogen-bond donors (Lipinski definition) is 2. The molecule has 0 spiro atoms. The van der Waals surface area contributed by atoms with Crippen LogP contribution in [-0.4, -0.2) is 17.9 Å². The molecule has 2 rings (SSSR count). The maximum absolute atomic E-state index is 12.5. The Morgan fingerprint density at radius 2 is 1.70 bits per heavy atom. The molecule has 23 heavy (non-hydrogen) atoms. The smallest absolute Gasteiger partial charge is 0.240 e. The predicted molar refractivity (Wildman–Crippen MR) is 93.3 cm³/mol. The van der Waals surface area contributed by atoms with Crippen molar-refractivity contribution >= 4 is 17.5 Å². The summed E-state index contributed by atoms with van der Waals surface area (Å²) in [7, 11) is 0. The highest BCUT2D eigenvalue weighted by Gasteiger charge is 2.56. The first kappa shape index (κ1) is 17.5. The maximum Gasteiger partial charge on any atom is 0.240 e. The van der Waals surface area contributed by atoms with Crippen LogP contribution in [0.1, 0.15) is 59.4 Å². The van der Waals surface area contributed by atoms with Crippen LogP contribution in [0.3, 0.4) is 0 Å². The molecule has 1 unspecified atom stereocenters. The molecule has 0 aromatic heterocycles. The highest BCUT2D eigenvalue weighted by Crippen LogP contribution is 2.47. The second-order valence-electron chi connectivity index (χ2n) is 7.65. The van der Waals surface area contributed by atoms with Crippen LogP contribution in [0.5, 0.6) is 0 Å². The molecular formula is C19H28N2O2. The molecule has 126 valence electrons. The first-order valence-corrected chi connectivity index (χ1v) is 8.42. The van der Waals surface area contributed by atoms with Gasteiger partial charge in [-0.2, -0.15) is 0 Å². The van der Waals surface area contributed by atoms with E-state index in [-0.39, 0.29) is 23.3 Å². The Balaban J connectivity index is 2.03. The molecule has 4 nitrogen and oxygen atoms in total. The molecule has 1 fully saturated rings. The van der Waals surface area contributed by atoms with Crippen LogP contribution in [0, 0.1) is 5.41 Å². The molecule has 4 heteroatoms. The second kappa shape index (κ2) is 6.34. The number of hydrogen-bond acceptors (Lipinski definition) is 2. The summed E-state index contributed by atoms with van der Waals surface area (Å²) in [6, 6.07) is 7.95. The number of rotatable bonds is 5. The minimum absolute atomic E-state index is 0.0798. The fourth-order valence-electron chi connectivity index (χ4n) is 2.45. The van der Waals surface area contributed by atoms with Crippen molar-refractivity contribution in [1.29, 1.82) is 0 Å². The molecule has 1 atom stereocenters. The number of benzene rings is 1. The second-order valence-corrected chi connectivity index (χ2v) is 7.65. The minimum Gasteiger partial charge on any atom is -0.353 e. The van der Waals surface area contributed by atoms with Crippen molar-refractivity contribution in [3.63, 3.8) is 0 Å². The molecule has 2 amide bonds. The van der Waals surface area contributed by atoms with E-state index < -0.39 is 5.41 Å². The summed E-state index contributed by atoms with van der Waals surface area (Å²) in [6.45, 7) is 10.4. The largest absolute Gasteiger partial charge is 0.353 e. The summed E-state index contributed by atoms with van der Waals surface area (Å²) < 4.78 is 0. The number of amides is 2. The third kappa shape index (κ3) is 3.92. The van der Waals surface area contributed by atoms with Crippen LogP contribution < -0.4 is 10.6 Å². The lowest BCUT2D eigenvalue weighted by Gasteiger charge is -2.20. The van der Waals surface area contributed by atoms with Gasteiger partial charge in [0.15, 0.2) is 0 Å². The number of nitrogens with one attached hydrogen (secondary N) is 2. The first-order valence-electron chi connectivity index (χ1n) is 8.42. The van der Waals surface area contributed by atoms with Crippen LogP contribution in [0.2, 0.25) is 0 Å². The molecule has 1 aliphatic rings. The van der Waals surface area contributed by atoms with Gasteiger partial charge in [0.05, 0.1) is 0 Å². The van der Waals surface area contributed by atoms with E-state index in [0.717, 1.165) is 12.1 Å². The molecule has 2 N–H and O–H groups in total. The van der Waals surface area contributed by atoms with Crippen molar-refractivity contribution in [2.45, 2.75) is 65.3 Å². The fourth-order valence-corrected chi connectivity index (χ4v) is 2.45. The molecule has 1 aromatic carbocycles. The van der Waals surface area contributed by atoms with Crippen molar-refractivity contribution in [2.75, 3.05) is 5.32 Å². The Kier molecular flexibility index (Phi) is 4.83. The maximum atomic E-state index is 12.5. The zero-order valence-corrected chi connectivity index (χ0v) is 14.8. The Hall–Kier alpha value is -1.84. The SMILES string of the molecule is CCC(C)NC(=O)C1(C(=O)Nc2ccc(C(C)(C)C)cc2)CC1. The van der Waals surface area contributed by atoms with Crippen LogP contribution in [0.15, 0.2) is 24.3 Å². The summed E-state index contributed by atoms with van der Waals surface area (Å²) in [6.07, 6.45) is 2.11. The zero-order chi connectivity index (χ0) is 17.3. The fraction of sp³-hybridized carbons (Fsp3) is 0.579. The van der Waals surface area contributed by atoms with Crippen molar-refractivity contribution in [3.05, 3.63) is 29.8 Å². The minimum atomic E-state index is -0.869. The number of carbonyl (C=O) groups excluding carboxylic acids is 2. The van der Waals surface area contributed by atoms with Crippen molar-refractivity contribution in [1.82, 2.24) is 5.32 Å². The van der Waals surface area contributed by atoms with Crippen LogP contribution in [0.4, 0.5) is 5.69 Å². The van der Waals surface area contributed by atoms with Gasteiger partial charge in [0.1, 0.15) is 5.41 Å². The van der Waals surface area contributed by atoms with Gasteiger partial charge in [0.2, 0.25) is 11.8 Å². The molecule has 1 aromatic rings. The van der Waals surface area contributed by atoms with E-state index >= 15 is 0 Å². The number of carbonyl (C=O) groups is 2. The van der Waals surface area contributed by atoms with E-state index in [9.17, 15) is 9.59 Å². The van der Waals surface area contributed by atoms with Gasteiger partial charge in [-0.15, -0.1) is 0 Å². The van der Waals surface area contributed by atoms with Gasteiger partial charge in [-0.05, 0) is 49.3 Å². The Morgan fingerprint density at radius 1 is 1.13 bits per heavy atom. The first-order chi connectivity index (χ1) is 10.7. The van der Waals surface area contributed by atoms with Crippen molar-refractivity contribution < 1.29 is 9.59 Å². The molecular weight excluding hydrogens is 288 g/mol. The summed E-state index contributed by atoms with van der Waals surface area (Å²) >= 11 is 0. The molecule has 0 bridgehead atoms. The van der Waals surface area contributed by atoms with E-state index in [1.807, 2.05) is 38.1 Å². The number of anilines is 1. The Morgan fingerprint density at radius 3 is 2.13 bits per heavy atom.